The van der Waals surface area contributed by atoms with Crippen LogP contribution < -0.4 is 5.32 Å². The van der Waals surface area contributed by atoms with E-state index in [9.17, 15) is 18.0 Å². The number of benzene rings is 1. The van der Waals surface area contributed by atoms with Crippen LogP contribution in [-0.2, 0) is 29.6 Å². The van der Waals surface area contributed by atoms with Crippen molar-refractivity contribution in [3.05, 3.63) is 47.0 Å². The lowest BCUT2D eigenvalue weighted by atomic mass is 9.92. The van der Waals surface area contributed by atoms with Gasteiger partial charge in [0.2, 0.25) is 5.91 Å². The van der Waals surface area contributed by atoms with Gasteiger partial charge in [0.1, 0.15) is 11.2 Å². The highest BCUT2D eigenvalue weighted by molar-refractivity contribution is 5.80. The summed E-state index contributed by atoms with van der Waals surface area (Å²) in [6.45, 7) is 2.06. The van der Waals surface area contributed by atoms with Gasteiger partial charge in [-0.05, 0) is 37.8 Å². The van der Waals surface area contributed by atoms with Crippen LogP contribution in [-0.4, -0.2) is 27.3 Å². The molecule has 0 spiro atoms. The van der Waals surface area contributed by atoms with E-state index in [2.05, 4.69) is 20.5 Å². The van der Waals surface area contributed by atoms with Crippen LogP contribution in [0.25, 0.3) is 0 Å². The number of nitrogens with one attached hydrogen (secondary N) is 2. The maximum absolute atomic E-state index is 13.0. The standard InChI is InChI=1S/C17H19F3N4O/c1-16(2,17(18,19)20)15-22-13(23-24-15)9-21-14(25)12-7-10-5-3-4-6-11(10)8-12/h3-6,12H,7-9H2,1-2H3,(H,21,25)(H,22,23,24). The maximum Gasteiger partial charge on any atom is 0.401 e. The first kappa shape index (κ1) is 17.4. The molecule has 1 heterocycles. The van der Waals surface area contributed by atoms with Crippen LogP contribution in [0.3, 0.4) is 0 Å². The quantitative estimate of drug-likeness (QED) is 0.889. The van der Waals surface area contributed by atoms with Crippen molar-refractivity contribution >= 4 is 5.91 Å². The molecule has 1 aliphatic rings. The summed E-state index contributed by atoms with van der Waals surface area (Å²) in [5.41, 5.74) is 0.173. The third kappa shape index (κ3) is 3.38. The Kier molecular flexibility index (Phi) is 4.30. The molecular weight excluding hydrogens is 333 g/mol. The molecule has 1 aromatic heterocycles. The Morgan fingerprint density at radius 3 is 2.40 bits per heavy atom. The lowest BCUT2D eigenvalue weighted by Gasteiger charge is -2.24. The van der Waals surface area contributed by atoms with Gasteiger partial charge in [-0.25, -0.2) is 4.98 Å². The number of rotatable bonds is 4. The molecule has 0 saturated carbocycles. The highest BCUT2D eigenvalue weighted by Gasteiger charge is 2.51. The van der Waals surface area contributed by atoms with Gasteiger partial charge >= 0.3 is 6.18 Å². The number of aromatic amines is 1. The van der Waals surface area contributed by atoms with Gasteiger partial charge in [-0.2, -0.15) is 18.3 Å². The lowest BCUT2D eigenvalue weighted by molar-refractivity contribution is -0.182. The normalized spacial score (nSPS) is 15.2. The fourth-order valence-electron chi connectivity index (χ4n) is 2.84. The molecule has 5 nitrogen and oxygen atoms in total. The summed E-state index contributed by atoms with van der Waals surface area (Å²) in [6, 6.07) is 7.89. The van der Waals surface area contributed by atoms with Crippen molar-refractivity contribution in [2.24, 2.45) is 5.92 Å². The molecule has 0 fully saturated rings. The van der Waals surface area contributed by atoms with E-state index in [0.717, 1.165) is 25.0 Å². The zero-order valence-electron chi connectivity index (χ0n) is 13.9. The Bertz CT molecular complexity index is 757. The summed E-state index contributed by atoms with van der Waals surface area (Å²) in [4.78, 5) is 16.2. The predicted molar refractivity (Wildman–Crippen MR) is 84.7 cm³/mol. The van der Waals surface area contributed by atoms with Crippen LogP contribution in [0.5, 0.6) is 0 Å². The molecule has 0 aliphatic heterocycles. The number of hydrogen-bond acceptors (Lipinski definition) is 3. The van der Waals surface area contributed by atoms with Crippen molar-refractivity contribution in [2.75, 3.05) is 0 Å². The first-order chi connectivity index (χ1) is 11.7. The Hall–Kier alpha value is -2.38. The minimum atomic E-state index is -4.45. The third-order valence-electron chi connectivity index (χ3n) is 4.65. The second-order valence-electron chi connectivity index (χ2n) is 6.82. The topological polar surface area (TPSA) is 70.7 Å². The zero-order chi connectivity index (χ0) is 18.2. The lowest BCUT2D eigenvalue weighted by Crippen LogP contribution is -2.37. The van der Waals surface area contributed by atoms with Gasteiger partial charge in [0.05, 0.1) is 6.54 Å². The number of hydrogen-bond donors (Lipinski definition) is 2. The SMILES string of the molecule is CC(C)(c1n[nH]c(CNC(=O)C2Cc3ccccc3C2)n1)C(F)(F)F. The Balaban J connectivity index is 1.59. The number of alkyl halides is 3. The molecule has 1 aromatic carbocycles. The van der Waals surface area contributed by atoms with Gasteiger partial charge < -0.3 is 5.32 Å². The van der Waals surface area contributed by atoms with Gasteiger partial charge in [-0.15, -0.1) is 0 Å². The van der Waals surface area contributed by atoms with Gasteiger partial charge in [-0.1, -0.05) is 24.3 Å². The molecule has 3 rings (SSSR count). The fourth-order valence-corrected chi connectivity index (χ4v) is 2.84. The molecule has 25 heavy (non-hydrogen) atoms. The number of nitrogens with zero attached hydrogens (tertiary/aromatic N) is 2. The van der Waals surface area contributed by atoms with E-state index in [1.54, 1.807) is 0 Å². The minimum Gasteiger partial charge on any atom is -0.349 e. The van der Waals surface area contributed by atoms with Gasteiger partial charge in [-0.3, -0.25) is 9.89 Å². The number of H-pyrrole nitrogens is 1. The van der Waals surface area contributed by atoms with E-state index in [4.69, 9.17) is 0 Å². The highest BCUT2D eigenvalue weighted by atomic mass is 19.4. The van der Waals surface area contributed by atoms with Crippen LogP contribution in [0, 0.1) is 5.92 Å². The summed E-state index contributed by atoms with van der Waals surface area (Å²) < 4.78 is 39.0. The Labute approximate surface area is 143 Å². The van der Waals surface area contributed by atoms with Crippen LogP contribution in [0.4, 0.5) is 13.2 Å². The first-order valence-corrected chi connectivity index (χ1v) is 8.01. The molecular formula is C17H19F3N4O. The number of aromatic nitrogens is 3. The van der Waals surface area contributed by atoms with Crippen molar-refractivity contribution < 1.29 is 18.0 Å². The molecule has 0 unspecified atom stereocenters. The zero-order valence-corrected chi connectivity index (χ0v) is 13.9. The number of halogens is 3. The molecule has 2 aromatic rings. The molecule has 0 bridgehead atoms. The smallest absolute Gasteiger partial charge is 0.349 e. The summed E-state index contributed by atoms with van der Waals surface area (Å²) >= 11 is 0. The van der Waals surface area contributed by atoms with Gasteiger partial charge in [0.15, 0.2) is 5.82 Å². The Morgan fingerprint density at radius 2 is 1.84 bits per heavy atom. The number of carbonyl (C=O) groups excluding carboxylic acids is 1. The third-order valence-corrected chi connectivity index (χ3v) is 4.65. The maximum atomic E-state index is 13.0. The van der Waals surface area contributed by atoms with Crippen LogP contribution >= 0.6 is 0 Å². The Morgan fingerprint density at radius 1 is 1.24 bits per heavy atom. The van der Waals surface area contributed by atoms with E-state index in [-0.39, 0.29) is 30.0 Å². The summed E-state index contributed by atoms with van der Waals surface area (Å²) in [5.74, 6) is -0.427. The molecule has 0 saturated heterocycles. The van der Waals surface area contributed by atoms with E-state index in [0.29, 0.717) is 12.8 Å². The van der Waals surface area contributed by atoms with E-state index in [1.165, 1.54) is 0 Å². The van der Waals surface area contributed by atoms with E-state index < -0.39 is 11.6 Å². The summed E-state index contributed by atoms with van der Waals surface area (Å²) in [5, 5.41) is 8.85. The predicted octanol–water partition coefficient (Wildman–Crippen LogP) is 2.68. The summed E-state index contributed by atoms with van der Waals surface area (Å²) in [6.07, 6.45) is -3.11. The first-order valence-electron chi connectivity index (χ1n) is 8.01. The molecule has 2 N–H and O–H groups in total. The molecule has 134 valence electrons. The number of amides is 1. The molecule has 0 radical (unpaired) electrons. The fraction of sp³-hybridized carbons (Fsp3) is 0.471. The van der Waals surface area contributed by atoms with Crippen LogP contribution in [0.15, 0.2) is 24.3 Å². The highest BCUT2D eigenvalue weighted by Crippen LogP contribution is 2.38. The van der Waals surface area contributed by atoms with Crippen molar-refractivity contribution in [1.82, 2.24) is 20.5 Å². The van der Waals surface area contributed by atoms with Crippen LogP contribution in [0.1, 0.15) is 36.6 Å². The van der Waals surface area contributed by atoms with Crippen molar-refractivity contribution in [3.63, 3.8) is 0 Å². The van der Waals surface area contributed by atoms with Gasteiger partial charge in [0, 0.05) is 5.92 Å². The van der Waals surface area contributed by atoms with Crippen LogP contribution in [0.2, 0.25) is 0 Å². The van der Waals surface area contributed by atoms with Crippen molar-refractivity contribution in [2.45, 2.75) is 44.8 Å². The second kappa shape index (κ2) is 6.16. The van der Waals surface area contributed by atoms with E-state index in [1.807, 2.05) is 24.3 Å². The largest absolute Gasteiger partial charge is 0.401 e. The summed E-state index contributed by atoms with van der Waals surface area (Å²) in [7, 11) is 0. The van der Waals surface area contributed by atoms with Gasteiger partial charge in [0.25, 0.3) is 0 Å². The number of carbonyl (C=O) groups is 1. The monoisotopic (exact) mass is 352 g/mol. The van der Waals surface area contributed by atoms with E-state index >= 15 is 0 Å². The van der Waals surface area contributed by atoms with Crippen molar-refractivity contribution in [3.8, 4) is 0 Å². The minimum absolute atomic E-state index is 0.0205. The molecule has 1 aliphatic carbocycles. The average Bonchev–Trinajstić information content (AvgIpc) is 3.18. The second-order valence-corrected chi connectivity index (χ2v) is 6.82. The average molecular weight is 352 g/mol. The van der Waals surface area contributed by atoms with Crippen molar-refractivity contribution in [1.29, 1.82) is 0 Å². The molecule has 1 amide bonds. The molecule has 8 heteroatoms. The molecule has 0 atom stereocenters. The number of fused-ring (bicyclic) bond motifs is 1.